The van der Waals surface area contributed by atoms with Crippen LogP contribution < -0.4 is 0 Å². The largest absolute Gasteiger partial charge is 0.141 e. The second-order valence-electron chi connectivity index (χ2n) is 2.78. The first-order valence-electron chi connectivity index (χ1n) is 4.98. The van der Waals surface area contributed by atoms with Crippen LogP contribution in [0.5, 0.6) is 0 Å². The van der Waals surface area contributed by atoms with Crippen LogP contribution in [0.3, 0.4) is 0 Å². The lowest BCUT2D eigenvalue weighted by Gasteiger charge is -1.93. The highest BCUT2D eigenvalue weighted by Gasteiger charge is 1.97. The van der Waals surface area contributed by atoms with Crippen molar-refractivity contribution in [2.24, 2.45) is 0 Å². The van der Waals surface area contributed by atoms with Gasteiger partial charge in [-0.05, 0) is 24.6 Å². The third kappa shape index (κ3) is 2.71. The van der Waals surface area contributed by atoms with Crippen LogP contribution in [-0.4, -0.2) is 0 Å². The van der Waals surface area contributed by atoms with Gasteiger partial charge in [-0.15, -0.1) is 11.3 Å². The molecule has 0 unspecified atom stereocenters. The van der Waals surface area contributed by atoms with Crippen molar-refractivity contribution in [3.05, 3.63) is 47.3 Å². The van der Waals surface area contributed by atoms with Gasteiger partial charge in [-0.2, -0.15) is 0 Å². The Hall–Kier alpha value is -1.08. The van der Waals surface area contributed by atoms with Crippen molar-refractivity contribution < 1.29 is 0 Å². The molecule has 0 aliphatic heterocycles. The fourth-order valence-corrected chi connectivity index (χ4v) is 2.07. The van der Waals surface area contributed by atoms with Gasteiger partial charge >= 0.3 is 0 Å². The van der Waals surface area contributed by atoms with Gasteiger partial charge in [0.05, 0.1) is 0 Å². The van der Waals surface area contributed by atoms with Crippen LogP contribution in [0.25, 0.3) is 10.4 Å². The van der Waals surface area contributed by atoms with Crippen LogP contribution in [0.15, 0.2) is 42.5 Å². The predicted molar refractivity (Wildman–Crippen MR) is 65.8 cm³/mol. The molecule has 0 N–H and O–H groups in total. The summed E-state index contributed by atoms with van der Waals surface area (Å²) in [6.07, 6.45) is 0. The standard InChI is InChI=1S/C11H10S.C2H6/c1-9-7-8-11(12-9)10-5-3-2-4-6-10;1-2/h2-8H,1H3;1-2H3. The highest BCUT2D eigenvalue weighted by atomic mass is 32.1. The Morgan fingerprint density at radius 2 is 1.50 bits per heavy atom. The first kappa shape index (κ1) is 11.0. The maximum atomic E-state index is 2.18. The van der Waals surface area contributed by atoms with Crippen molar-refractivity contribution in [2.75, 3.05) is 0 Å². The average Bonchev–Trinajstić information content (AvgIpc) is 2.69. The fraction of sp³-hybridized carbons (Fsp3) is 0.231. The summed E-state index contributed by atoms with van der Waals surface area (Å²) < 4.78 is 0. The lowest BCUT2D eigenvalue weighted by Crippen LogP contribution is -1.67. The molecule has 0 radical (unpaired) electrons. The Kier molecular flexibility index (Phi) is 4.41. The predicted octanol–water partition coefficient (Wildman–Crippen LogP) is 4.75. The van der Waals surface area contributed by atoms with Crippen LogP contribution in [0.2, 0.25) is 0 Å². The van der Waals surface area contributed by atoms with Gasteiger partial charge in [0.15, 0.2) is 0 Å². The maximum Gasteiger partial charge on any atom is 0.0345 e. The molecule has 1 aromatic heterocycles. The summed E-state index contributed by atoms with van der Waals surface area (Å²) in [6.45, 7) is 6.14. The zero-order valence-electron chi connectivity index (χ0n) is 8.95. The van der Waals surface area contributed by atoms with Gasteiger partial charge in [-0.3, -0.25) is 0 Å². The molecule has 2 aromatic rings. The monoisotopic (exact) mass is 204 g/mol. The fourth-order valence-electron chi connectivity index (χ4n) is 1.19. The molecule has 0 bridgehead atoms. The molecule has 1 aromatic carbocycles. The van der Waals surface area contributed by atoms with Crippen molar-refractivity contribution in [1.29, 1.82) is 0 Å². The minimum Gasteiger partial charge on any atom is -0.141 e. The summed E-state index contributed by atoms with van der Waals surface area (Å²) in [4.78, 5) is 2.72. The van der Waals surface area contributed by atoms with E-state index in [0.29, 0.717) is 0 Å². The zero-order chi connectivity index (χ0) is 10.4. The topological polar surface area (TPSA) is 0 Å². The Morgan fingerprint density at radius 3 is 2.00 bits per heavy atom. The maximum absolute atomic E-state index is 2.18. The Balaban J connectivity index is 0.000000461. The number of hydrogen-bond acceptors (Lipinski definition) is 1. The molecule has 1 heteroatoms. The van der Waals surface area contributed by atoms with Gasteiger partial charge < -0.3 is 0 Å². The Bertz CT molecular complexity index is 360. The van der Waals surface area contributed by atoms with Crippen molar-refractivity contribution in [1.82, 2.24) is 0 Å². The second-order valence-corrected chi connectivity index (χ2v) is 4.06. The smallest absolute Gasteiger partial charge is 0.0345 e. The van der Waals surface area contributed by atoms with Crippen LogP contribution in [-0.2, 0) is 0 Å². The van der Waals surface area contributed by atoms with Gasteiger partial charge in [0.1, 0.15) is 0 Å². The van der Waals surface area contributed by atoms with E-state index >= 15 is 0 Å². The summed E-state index contributed by atoms with van der Waals surface area (Å²) in [5.41, 5.74) is 1.32. The highest BCUT2D eigenvalue weighted by molar-refractivity contribution is 7.15. The van der Waals surface area contributed by atoms with E-state index < -0.39 is 0 Å². The SMILES string of the molecule is CC.Cc1ccc(-c2ccccc2)s1. The lowest BCUT2D eigenvalue weighted by molar-refractivity contribution is 1.50. The molecule has 74 valence electrons. The van der Waals surface area contributed by atoms with Crippen molar-refractivity contribution in [2.45, 2.75) is 20.8 Å². The number of aryl methyl sites for hydroxylation is 1. The van der Waals surface area contributed by atoms with Crippen LogP contribution >= 0.6 is 11.3 Å². The molecule has 14 heavy (non-hydrogen) atoms. The Labute approximate surface area is 90.2 Å². The normalized spacial score (nSPS) is 9.07. The molecule has 0 aliphatic carbocycles. The van der Waals surface area contributed by atoms with Crippen molar-refractivity contribution in [3.8, 4) is 10.4 Å². The molecule has 0 fully saturated rings. The minimum absolute atomic E-state index is 1.32. The first-order valence-corrected chi connectivity index (χ1v) is 5.80. The van der Waals surface area contributed by atoms with Crippen molar-refractivity contribution >= 4 is 11.3 Å². The molecule has 1 heterocycles. The first-order chi connectivity index (χ1) is 6.86. The van der Waals surface area contributed by atoms with Gasteiger partial charge in [-0.25, -0.2) is 0 Å². The van der Waals surface area contributed by atoms with E-state index in [0.717, 1.165) is 0 Å². The number of hydrogen-bond donors (Lipinski definition) is 0. The Morgan fingerprint density at radius 1 is 0.857 bits per heavy atom. The van der Waals surface area contributed by atoms with Crippen LogP contribution in [0.4, 0.5) is 0 Å². The van der Waals surface area contributed by atoms with Crippen LogP contribution in [0, 0.1) is 6.92 Å². The summed E-state index contributed by atoms with van der Waals surface area (Å²) in [5, 5.41) is 0. The molecule has 0 aliphatic rings. The second kappa shape index (κ2) is 5.61. The molecule has 0 amide bonds. The van der Waals surface area contributed by atoms with E-state index in [1.54, 1.807) is 0 Å². The van der Waals surface area contributed by atoms with E-state index in [1.165, 1.54) is 15.3 Å². The molecule has 0 spiro atoms. The summed E-state index contributed by atoms with van der Waals surface area (Å²) in [6, 6.07) is 14.8. The molecule has 0 saturated heterocycles. The molecule has 0 nitrogen and oxygen atoms in total. The van der Waals surface area contributed by atoms with E-state index in [4.69, 9.17) is 0 Å². The van der Waals surface area contributed by atoms with Gasteiger partial charge in [0.2, 0.25) is 0 Å². The van der Waals surface area contributed by atoms with Crippen molar-refractivity contribution in [3.63, 3.8) is 0 Å². The average molecular weight is 204 g/mol. The zero-order valence-corrected chi connectivity index (χ0v) is 9.77. The summed E-state index contributed by atoms with van der Waals surface area (Å²) in [7, 11) is 0. The molecule has 0 saturated carbocycles. The van der Waals surface area contributed by atoms with E-state index in [9.17, 15) is 0 Å². The third-order valence-electron chi connectivity index (χ3n) is 1.80. The van der Waals surface area contributed by atoms with Gasteiger partial charge in [-0.1, -0.05) is 44.2 Å². The number of benzene rings is 1. The summed E-state index contributed by atoms with van der Waals surface area (Å²) in [5.74, 6) is 0. The quantitative estimate of drug-likeness (QED) is 0.629. The van der Waals surface area contributed by atoms with E-state index in [-0.39, 0.29) is 0 Å². The molecular formula is C13H16S. The number of thiophene rings is 1. The lowest BCUT2D eigenvalue weighted by atomic mass is 10.2. The molecule has 2 rings (SSSR count). The number of rotatable bonds is 1. The van der Waals surface area contributed by atoms with Gasteiger partial charge in [0, 0.05) is 9.75 Å². The minimum atomic E-state index is 1.32. The molecule has 0 atom stereocenters. The van der Waals surface area contributed by atoms with Crippen LogP contribution in [0.1, 0.15) is 18.7 Å². The highest BCUT2D eigenvalue weighted by Crippen LogP contribution is 2.26. The van der Waals surface area contributed by atoms with E-state index in [2.05, 4.69) is 43.3 Å². The third-order valence-corrected chi connectivity index (χ3v) is 2.85. The molecular weight excluding hydrogens is 188 g/mol. The van der Waals surface area contributed by atoms with E-state index in [1.807, 2.05) is 31.3 Å². The van der Waals surface area contributed by atoms with Gasteiger partial charge in [0.25, 0.3) is 0 Å². The summed E-state index contributed by atoms with van der Waals surface area (Å²) >= 11 is 1.84.